The normalized spacial score (nSPS) is 14.2. The molecule has 2 N–H and O–H groups in total. The summed E-state index contributed by atoms with van der Waals surface area (Å²) in [4.78, 5) is 21.7. The molecule has 2 unspecified atom stereocenters. The molecule has 1 rings (SSSR count). The molecule has 0 fully saturated rings. The molecule has 5 heteroatoms. The van der Waals surface area contributed by atoms with Gasteiger partial charge in [-0.3, -0.25) is 14.9 Å². The van der Waals surface area contributed by atoms with Crippen molar-refractivity contribution >= 4 is 11.5 Å². The number of nitro benzene ring substituents is 1. The van der Waals surface area contributed by atoms with Crippen LogP contribution in [-0.2, 0) is 0 Å². The third kappa shape index (κ3) is 2.64. The van der Waals surface area contributed by atoms with Gasteiger partial charge in [-0.2, -0.15) is 0 Å². The zero-order valence-electron chi connectivity index (χ0n) is 9.21. The van der Waals surface area contributed by atoms with E-state index in [1.807, 2.05) is 0 Å². The molecule has 0 spiro atoms. The summed E-state index contributed by atoms with van der Waals surface area (Å²) in [7, 11) is 0. The van der Waals surface area contributed by atoms with Gasteiger partial charge in [-0.05, 0) is 19.1 Å². The Morgan fingerprint density at radius 1 is 1.31 bits per heavy atom. The maximum absolute atomic E-state index is 11.8. The number of ketones is 1. The second-order valence-corrected chi connectivity index (χ2v) is 3.82. The number of hydrogen-bond acceptors (Lipinski definition) is 4. The molecular weight excluding hydrogens is 208 g/mol. The fourth-order valence-electron chi connectivity index (χ4n) is 1.25. The maximum atomic E-state index is 11.8. The number of carbonyl (C=O) groups is 1. The lowest BCUT2D eigenvalue weighted by molar-refractivity contribution is -0.384. The van der Waals surface area contributed by atoms with Crippen molar-refractivity contribution < 1.29 is 9.72 Å². The highest BCUT2D eigenvalue weighted by atomic mass is 16.6. The Kier molecular flexibility index (Phi) is 3.73. The summed E-state index contributed by atoms with van der Waals surface area (Å²) >= 11 is 0. The molecule has 0 heterocycles. The Morgan fingerprint density at radius 3 is 2.19 bits per heavy atom. The molecule has 16 heavy (non-hydrogen) atoms. The fourth-order valence-corrected chi connectivity index (χ4v) is 1.25. The summed E-state index contributed by atoms with van der Waals surface area (Å²) in [6.45, 7) is 3.50. The van der Waals surface area contributed by atoms with Crippen molar-refractivity contribution in [3.8, 4) is 0 Å². The third-order valence-electron chi connectivity index (χ3n) is 2.56. The van der Waals surface area contributed by atoms with Crippen LogP contribution < -0.4 is 5.73 Å². The lowest BCUT2D eigenvalue weighted by Crippen LogP contribution is -2.30. The van der Waals surface area contributed by atoms with Gasteiger partial charge in [0.25, 0.3) is 5.69 Å². The second-order valence-electron chi connectivity index (χ2n) is 3.82. The fraction of sp³-hybridized carbons (Fsp3) is 0.364. The van der Waals surface area contributed by atoms with E-state index in [2.05, 4.69) is 0 Å². The molecule has 0 saturated carbocycles. The number of non-ortho nitro benzene ring substituents is 1. The smallest absolute Gasteiger partial charge is 0.269 e. The highest BCUT2D eigenvalue weighted by Gasteiger charge is 2.19. The summed E-state index contributed by atoms with van der Waals surface area (Å²) in [6.07, 6.45) is 0. The lowest BCUT2D eigenvalue weighted by Gasteiger charge is -2.13. The predicted octanol–water partition coefficient (Wildman–Crippen LogP) is 1.76. The summed E-state index contributed by atoms with van der Waals surface area (Å²) < 4.78 is 0. The lowest BCUT2D eigenvalue weighted by atomic mass is 9.94. The first-order chi connectivity index (χ1) is 7.43. The van der Waals surface area contributed by atoms with Crippen LogP contribution in [0.2, 0.25) is 0 Å². The molecule has 0 aromatic heterocycles. The summed E-state index contributed by atoms with van der Waals surface area (Å²) in [6, 6.07) is 5.32. The van der Waals surface area contributed by atoms with E-state index in [1.165, 1.54) is 24.3 Å². The zero-order chi connectivity index (χ0) is 12.3. The van der Waals surface area contributed by atoms with Gasteiger partial charge in [-0.1, -0.05) is 6.92 Å². The van der Waals surface area contributed by atoms with E-state index in [9.17, 15) is 14.9 Å². The number of carbonyl (C=O) groups excluding carboxylic acids is 1. The van der Waals surface area contributed by atoms with E-state index in [0.29, 0.717) is 5.56 Å². The Bertz CT molecular complexity index is 398. The number of rotatable bonds is 4. The van der Waals surface area contributed by atoms with E-state index in [0.717, 1.165) is 0 Å². The zero-order valence-corrected chi connectivity index (χ0v) is 9.21. The molecule has 0 aliphatic rings. The molecular formula is C11H14N2O3. The Hall–Kier alpha value is -1.75. The minimum absolute atomic E-state index is 0.0231. The van der Waals surface area contributed by atoms with Crippen molar-refractivity contribution in [2.75, 3.05) is 0 Å². The first-order valence-electron chi connectivity index (χ1n) is 4.97. The quantitative estimate of drug-likeness (QED) is 0.477. The molecule has 1 aromatic carbocycles. The molecule has 0 saturated heterocycles. The maximum Gasteiger partial charge on any atom is 0.269 e. The van der Waals surface area contributed by atoms with E-state index in [-0.39, 0.29) is 23.4 Å². The van der Waals surface area contributed by atoms with Crippen molar-refractivity contribution in [3.63, 3.8) is 0 Å². The van der Waals surface area contributed by atoms with Crippen molar-refractivity contribution in [2.24, 2.45) is 11.7 Å². The van der Waals surface area contributed by atoms with Crippen molar-refractivity contribution in [2.45, 2.75) is 19.9 Å². The number of nitrogens with two attached hydrogens (primary N) is 1. The van der Waals surface area contributed by atoms with Gasteiger partial charge in [0.2, 0.25) is 0 Å². The van der Waals surface area contributed by atoms with Crippen LogP contribution in [0.4, 0.5) is 5.69 Å². The van der Waals surface area contributed by atoms with E-state index in [1.54, 1.807) is 13.8 Å². The number of nitrogens with zero attached hydrogens (tertiary/aromatic N) is 1. The SMILES string of the molecule is CC(N)C(C)C(=O)c1ccc([N+](=O)[O-])cc1. The molecule has 0 bridgehead atoms. The molecule has 0 aliphatic carbocycles. The number of nitro groups is 1. The average Bonchev–Trinajstić information content (AvgIpc) is 2.27. The van der Waals surface area contributed by atoms with Crippen LogP contribution in [0.15, 0.2) is 24.3 Å². The minimum atomic E-state index is -0.497. The van der Waals surface area contributed by atoms with E-state index >= 15 is 0 Å². The predicted molar refractivity (Wildman–Crippen MR) is 60.2 cm³/mol. The molecule has 1 aromatic rings. The van der Waals surface area contributed by atoms with Crippen molar-refractivity contribution in [1.29, 1.82) is 0 Å². The third-order valence-corrected chi connectivity index (χ3v) is 2.56. The second kappa shape index (κ2) is 4.85. The number of benzene rings is 1. The van der Waals surface area contributed by atoms with Crippen LogP contribution in [0, 0.1) is 16.0 Å². The highest BCUT2D eigenvalue weighted by molar-refractivity contribution is 5.98. The monoisotopic (exact) mass is 222 g/mol. The number of Topliss-reactive ketones (excluding diaryl/α,β-unsaturated/α-hetero) is 1. The number of hydrogen-bond donors (Lipinski definition) is 1. The topological polar surface area (TPSA) is 86.2 Å². The summed E-state index contributed by atoms with van der Waals surface area (Å²) in [5.41, 5.74) is 6.05. The summed E-state index contributed by atoms with van der Waals surface area (Å²) in [5.74, 6) is -0.383. The molecule has 5 nitrogen and oxygen atoms in total. The first-order valence-corrected chi connectivity index (χ1v) is 4.97. The van der Waals surface area contributed by atoms with Gasteiger partial charge in [0.05, 0.1) is 4.92 Å². The van der Waals surface area contributed by atoms with E-state index in [4.69, 9.17) is 5.73 Å². The van der Waals surface area contributed by atoms with Crippen LogP contribution in [-0.4, -0.2) is 16.7 Å². The molecule has 86 valence electrons. The van der Waals surface area contributed by atoms with Crippen molar-refractivity contribution in [3.05, 3.63) is 39.9 Å². The van der Waals surface area contributed by atoms with Gasteiger partial charge in [0.1, 0.15) is 0 Å². The van der Waals surface area contributed by atoms with E-state index < -0.39 is 4.92 Å². The van der Waals surface area contributed by atoms with Gasteiger partial charge in [0.15, 0.2) is 5.78 Å². The summed E-state index contributed by atoms with van der Waals surface area (Å²) in [5, 5.41) is 10.4. The van der Waals surface area contributed by atoms with Crippen LogP contribution in [0.1, 0.15) is 24.2 Å². The van der Waals surface area contributed by atoms with Gasteiger partial charge in [-0.25, -0.2) is 0 Å². The van der Waals surface area contributed by atoms with Crippen LogP contribution in [0.3, 0.4) is 0 Å². The van der Waals surface area contributed by atoms with Gasteiger partial charge in [0, 0.05) is 29.7 Å². The molecule has 0 radical (unpaired) electrons. The van der Waals surface area contributed by atoms with Crippen LogP contribution in [0.25, 0.3) is 0 Å². The minimum Gasteiger partial charge on any atom is -0.327 e. The Balaban J connectivity index is 2.90. The Labute approximate surface area is 93.4 Å². The first kappa shape index (κ1) is 12.3. The Morgan fingerprint density at radius 2 is 1.81 bits per heavy atom. The molecule has 0 aliphatic heterocycles. The van der Waals surface area contributed by atoms with Gasteiger partial charge in [-0.15, -0.1) is 0 Å². The largest absolute Gasteiger partial charge is 0.327 e. The highest BCUT2D eigenvalue weighted by Crippen LogP contribution is 2.16. The standard InChI is InChI=1S/C11H14N2O3/c1-7(8(2)12)11(14)9-3-5-10(6-4-9)13(15)16/h3-8H,12H2,1-2H3. The average molecular weight is 222 g/mol. The van der Waals surface area contributed by atoms with Crippen molar-refractivity contribution in [1.82, 2.24) is 0 Å². The van der Waals surface area contributed by atoms with Crippen LogP contribution in [0.5, 0.6) is 0 Å². The molecule has 2 atom stereocenters. The molecule has 0 amide bonds. The van der Waals surface area contributed by atoms with Gasteiger partial charge >= 0.3 is 0 Å². The van der Waals surface area contributed by atoms with Gasteiger partial charge < -0.3 is 5.73 Å². The van der Waals surface area contributed by atoms with Crippen LogP contribution >= 0.6 is 0 Å².